The van der Waals surface area contributed by atoms with Gasteiger partial charge in [-0.3, -0.25) is 0 Å². The minimum absolute atomic E-state index is 0.0195. The van der Waals surface area contributed by atoms with Gasteiger partial charge in [0, 0.05) is 6.61 Å². The van der Waals surface area contributed by atoms with E-state index in [0.717, 1.165) is 11.1 Å². The molecule has 0 radical (unpaired) electrons. The zero-order chi connectivity index (χ0) is 15.9. The summed E-state index contributed by atoms with van der Waals surface area (Å²) in [5, 5.41) is 19.9. The number of aliphatic hydroxyl groups is 2. The highest BCUT2D eigenvalue weighted by Crippen LogP contribution is 2.25. The molecule has 0 amide bonds. The summed E-state index contributed by atoms with van der Waals surface area (Å²) >= 11 is 0. The Balaban J connectivity index is 2.12. The van der Waals surface area contributed by atoms with Crippen LogP contribution in [0.4, 0.5) is 4.39 Å². The summed E-state index contributed by atoms with van der Waals surface area (Å²) in [5.74, 6) is -0.372. The second kappa shape index (κ2) is 8.06. The molecule has 118 valence electrons. The topological polar surface area (TPSA) is 40.5 Å². The van der Waals surface area contributed by atoms with Crippen LogP contribution in [0.5, 0.6) is 0 Å². The molecule has 0 saturated carbocycles. The van der Waals surface area contributed by atoms with Gasteiger partial charge in [-0.05, 0) is 54.9 Å². The SMILES string of the molecule is C[C@H](O)[C@H](Cc1ccc(F)cc1)[C@H](CO)Cc1ccccc1. The van der Waals surface area contributed by atoms with E-state index in [-0.39, 0.29) is 24.3 Å². The summed E-state index contributed by atoms with van der Waals surface area (Å²) in [5.41, 5.74) is 2.12. The molecular weight excluding hydrogens is 279 g/mol. The Bertz CT molecular complexity index is 551. The van der Waals surface area contributed by atoms with Gasteiger partial charge in [0.25, 0.3) is 0 Å². The van der Waals surface area contributed by atoms with Crippen molar-refractivity contribution in [1.82, 2.24) is 0 Å². The van der Waals surface area contributed by atoms with Crippen molar-refractivity contribution < 1.29 is 14.6 Å². The lowest BCUT2D eigenvalue weighted by molar-refractivity contribution is 0.0599. The summed E-state index contributed by atoms with van der Waals surface area (Å²) in [6.45, 7) is 1.77. The third-order valence-electron chi connectivity index (χ3n) is 4.19. The van der Waals surface area contributed by atoms with Gasteiger partial charge in [0.05, 0.1) is 6.10 Å². The van der Waals surface area contributed by atoms with E-state index >= 15 is 0 Å². The van der Waals surface area contributed by atoms with Crippen molar-refractivity contribution in [2.75, 3.05) is 6.61 Å². The molecule has 0 spiro atoms. The fourth-order valence-corrected chi connectivity index (χ4v) is 2.89. The molecule has 2 aromatic rings. The fraction of sp³-hybridized carbons (Fsp3) is 0.368. The first-order chi connectivity index (χ1) is 10.6. The standard InChI is InChI=1S/C19H23FO2/c1-14(22)19(12-16-7-9-18(20)10-8-16)17(13-21)11-15-5-3-2-4-6-15/h2-10,14,17,19,21-22H,11-13H2,1H3/t14-,17-,19-/m0/s1. The normalized spacial score (nSPS) is 15.3. The van der Waals surface area contributed by atoms with Gasteiger partial charge in [-0.15, -0.1) is 0 Å². The van der Waals surface area contributed by atoms with Crippen molar-refractivity contribution in [2.24, 2.45) is 11.8 Å². The monoisotopic (exact) mass is 302 g/mol. The smallest absolute Gasteiger partial charge is 0.123 e. The Morgan fingerprint density at radius 2 is 1.50 bits per heavy atom. The third-order valence-corrected chi connectivity index (χ3v) is 4.19. The molecule has 0 aliphatic heterocycles. The Labute approximate surface area is 131 Å². The maximum atomic E-state index is 13.0. The largest absolute Gasteiger partial charge is 0.396 e. The van der Waals surface area contributed by atoms with Gasteiger partial charge in [0.2, 0.25) is 0 Å². The van der Waals surface area contributed by atoms with E-state index < -0.39 is 6.10 Å². The molecule has 0 bridgehead atoms. The van der Waals surface area contributed by atoms with Gasteiger partial charge in [0.1, 0.15) is 5.82 Å². The van der Waals surface area contributed by atoms with Crippen LogP contribution in [0, 0.1) is 17.7 Å². The van der Waals surface area contributed by atoms with E-state index in [0.29, 0.717) is 12.8 Å². The van der Waals surface area contributed by atoms with Crippen LogP contribution in [-0.2, 0) is 12.8 Å². The molecule has 3 atom stereocenters. The molecular formula is C19H23FO2. The molecule has 0 aromatic heterocycles. The second-order valence-corrected chi connectivity index (χ2v) is 5.87. The first-order valence-corrected chi connectivity index (χ1v) is 7.67. The molecule has 0 aliphatic rings. The summed E-state index contributed by atoms with van der Waals surface area (Å²) in [6, 6.07) is 16.3. The van der Waals surface area contributed by atoms with E-state index in [4.69, 9.17) is 0 Å². The minimum Gasteiger partial charge on any atom is -0.396 e. The van der Waals surface area contributed by atoms with Gasteiger partial charge in [-0.2, -0.15) is 0 Å². The third kappa shape index (κ3) is 4.65. The van der Waals surface area contributed by atoms with E-state index in [1.165, 1.54) is 12.1 Å². The van der Waals surface area contributed by atoms with Crippen LogP contribution in [0.2, 0.25) is 0 Å². The zero-order valence-electron chi connectivity index (χ0n) is 12.8. The lowest BCUT2D eigenvalue weighted by Crippen LogP contribution is -2.31. The highest BCUT2D eigenvalue weighted by molar-refractivity contribution is 5.18. The molecule has 3 heteroatoms. The maximum Gasteiger partial charge on any atom is 0.123 e. The Morgan fingerprint density at radius 3 is 2.05 bits per heavy atom. The predicted octanol–water partition coefficient (Wildman–Crippen LogP) is 3.22. The number of benzene rings is 2. The van der Waals surface area contributed by atoms with Crippen LogP contribution in [0.25, 0.3) is 0 Å². The number of hydrogen-bond donors (Lipinski definition) is 2. The average molecular weight is 302 g/mol. The van der Waals surface area contributed by atoms with Crippen molar-refractivity contribution >= 4 is 0 Å². The van der Waals surface area contributed by atoms with Crippen LogP contribution >= 0.6 is 0 Å². The summed E-state index contributed by atoms with van der Waals surface area (Å²) < 4.78 is 13.0. The maximum absolute atomic E-state index is 13.0. The average Bonchev–Trinajstić information content (AvgIpc) is 2.53. The molecule has 2 aromatic carbocycles. The first-order valence-electron chi connectivity index (χ1n) is 7.67. The van der Waals surface area contributed by atoms with E-state index in [9.17, 15) is 14.6 Å². The molecule has 2 N–H and O–H groups in total. The van der Waals surface area contributed by atoms with Crippen LogP contribution < -0.4 is 0 Å². The molecule has 0 aliphatic carbocycles. The summed E-state index contributed by atoms with van der Waals surface area (Å²) in [7, 11) is 0. The number of aliphatic hydroxyl groups excluding tert-OH is 2. The molecule has 0 unspecified atom stereocenters. The number of rotatable bonds is 7. The minimum atomic E-state index is -0.536. The molecule has 0 saturated heterocycles. The lowest BCUT2D eigenvalue weighted by Gasteiger charge is -2.28. The van der Waals surface area contributed by atoms with Gasteiger partial charge in [-0.25, -0.2) is 4.39 Å². The van der Waals surface area contributed by atoms with Crippen LogP contribution in [0.15, 0.2) is 54.6 Å². The van der Waals surface area contributed by atoms with Crippen molar-refractivity contribution in [2.45, 2.75) is 25.9 Å². The van der Waals surface area contributed by atoms with Gasteiger partial charge in [0.15, 0.2) is 0 Å². The zero-order valence-corrected chi connectivity index (χ0v) is 12.8. The van der Waals surface area contributed by atoms with E-state index in [2.05, 4.69) is 0 Å². The Hall–Kier alpha value is -1.71. The quantitative estimate of drug-likeness (QED) is 0.824. The van der Waals surface area contributed by atoms with Gasteiger partial charge in [-0.1, -0.05) is 42.5 Å². The highest BCUT2D eigenvalue weighted by atomic mass is 19.1. The first kappa shape index (κ1) is 16.7. The molecule has 22 heavy (non-hydrogen) atoms. The summed E-state index contributed by atoms with van der Waals surface area (Å²) in [6.07, 6.45) is 0.801. The molecule has 0 fully saturated rings. The van der Waals surface area contributed by atoms with Gasteiger partial charge >= 0.3 is 0 Å². The van der Waals surface area contributed by atoms with Crippen molar-refractivity contribution in [1.29, 1.82) is 0 Å². The number of hydrogen-bond acceptors (Lipinski definition) is 2. The van der Waals surface area contributed by atoms with Crippen LogP contribution in [0.1, 0.15) is 18.1 Å². The molecule has 2 nitrogen and oxygen atoms in total. The van der Waals surface area contributed by atoms with Crippen LogP contribution in [-0.4, -0.2) is 22.9 Å². The molecule has 0 heterocycles. The molecule has 2 rings (SSSR count). The van der Waals surface area contributed by atoms with Gasteiger partial charge < -0.3 is 10.2 Å². The second-order valence-electron chi connectivity index (χ2n) is 5.87. The summed E-state index contributed by atoms with van der Waals surface area (Å²) in [4.78, 5) is 0. The van der Waals surface area contributed by atoms with Crippen molar-refractivity contribution in [3.8, 4) is 0 Å². The predicted molar refractivity (Wildman–Crippen MR) is 86.0 cm³/mol. The van der Waals surface area contributed by atoms with E-state index in [1.54, 1.807) is 19.1 Å². The highest BCUT2D eigenvalue weighted by Gasteiger charge is 2.26. The Kier molecular flexibility index (Phi) is 6.10. The van der Waals surface area contributed by atoms with Crippen LogP contribution in [0.3, 0.4) is 0 Å². The van der Waals surface area contributed by atoms with E-state index in [1.807, 2.05) is 30.3 Å². The lowest BCUT2D eigenvalue weighted by atomic mass is 9.80. The van der Waals surface area contributed by atoms with Crippen molar-refractivity contribution in [3.63, 3.8) is 0 Å². The Morgan fingerprint density at radius 1 is 0.909 bits per heavy atom. The number of halogens is 1. The van der Waals surface area contributed by atoms with Crippen molar-refractivity contribution in [3.05, 3.63) is 71.5 Å². The fourth-order valence-electron chi connectivity index (χ4n) is 2.89.